The SMILES string of the molecule is C=CCOC(C=C)CCC. The van der Waals surface area contributed by atoms with Gasteiger partial charge in [0, 0.05) is 0 Å². The van der Waals surface area contributed by atoms with Crippen LogP contribution in [0.25, 0.3) is 0 Å². The van der Waals surface area contributed by atoms with Crippen LogP contribution in [-0.4, -0.2) is 12.7 Å². The van der Waals surface area contributed by atoms with E-state index in [1.807, 2.05) is 6.08 Å². The standard InChI is InChI=1S/C9H16O/c1-4-7-9(6-3)10-8-5-2/h5-6,9H,2-4,7-8H2,1H3. The topological polar surface area (TPSA) is 9.23 Å². The molecule has 0 saturated carbocycles. The molecule has 1 atom stereocenters. The van der Waals surface area contributed by atoms with Gasteiger partial charge in [-0.1, -0.05) is 25.5 Å². The zero-order chi connectivity index (χ0) is 7.82. The minimum absolute atomic E-state index is 0.211. The first kappa shape index (κ1) is 9.44. The lowest BCUT2D eigenvalue weighted by Crippen LogP contribution is -2.08. The van der Waals surface area contributed by atoms with Gasteiger partial charge in [0.25, 0.3) is 0 Å². The highest BCUT2D eigenvalue weighted by atomic mass is 16.5. The monoisotopic (exact) mass is 140 g/mol. The van der Waals surface area contributed by atoms with E-state index in [4.69, 9.17) is 4.74 Å². The Labute approximate surface area is 63.4 Å². The third-order valence-electron chi connectivity index (χ3n) is 1.26. The molecule has 1 unspecified atom stereocenters. The average molecular weight is 140 g/mol. The smallest absolute Gasteiger partial charge is 0.0757 e. The second kappa shape index (κ2) is 6.56. The molecule has 10 heavy (non-hydrogen) atoms. The van der Waals surface area contributed by atoms with Crippen molar-refractivity contribution in [3.05, 3.63) is 25.3 Å². The van der Waals surface area contributed by atoms with Crippen molar-refractivity contribution in [2.24, 2.45) is 0 Å². The molecule has 0 amide bonds. The number of ether oxygens (including phenoxy) is 1. The summed E-state index contributed by atoms with van der Waals surface area (Å²) in [6.45, 7) is 10.00. The Balaban J connectivity index is 3.38. The van der Waals surface area contributed by atoms with E-state index in [0.29, 0.717) is 6.61 Å². The normalized spacial score (nSPS) is 12.5. The minimum Gasteiger partial charge on any atom is -0.370 e. The Morgan fingerprint density at radius 2 is 2.20 bits per heavy atom. The van der Waals surface area contributed by atoms with Gasteiger partial charge in [0.15, 0.2) is 0 Å². The van der Waals surface area contributed by atoms with Gasteiger partial charge in [-0.05, 0) is 6.42 Å². The van der Waals surface area contributed by atoms with Crippen LogP contribution in [0.15, 0.2) is 25.3 Å². The van der Waals surface area contributed by atoms with Crippen LogP contribution >= 0.6 is 0 Å². The molecule has 0 bridgehead atoms. The van der Waals surface area contributed by atoms with Gasteiger partial charge in [-0.2, -0.15) is 0 Å². The molecule has 0 aromatic heterocycles. The molecule has 0 heterocycles. The molecule has 0 radical (unpaired) electrons. The predicted molar refractivity (Wildman–Crippen MR) is 45.0 cm³/mol. The van der Waals surface area contributed by atoms with Crippen molar-refractivity contribution in [2.75, 3.05) is 6.61 Å². The lowest BCUT2D eigenvalue weighted by atomic mass is 10.2. The first-order valence-electron chi connectivity index (χ1n) is 3.70. The van der Waals surface area contributed by atoms with Crippen LogP contribution in [0.4, 0.5) is 0 Å². The van der Waals surface area contributed by atoms with Crippen LogP contribution in [0.1, 0.15) is 19.8 Å². The average Bonchev–Trinajstić information content (AvgIpc) is 1.98. The molecule has 0 spiro atoms. The molecule has 0 saturated heterocycles. The van der Waals surface area contributed by atoms with Gasteiger partial charge in [-0.15, -0.1) is 13.2 Å². The van der Waals surface area contributed by atoms with Gasteiger partial charge >= 0.3 is 0 Å². The Bertz CT molecular complexity index is 96.9. The second-order valence-corrected chi connectivity index (χ2v) is 2.18. The van der Waals surface area contributed by atoms with E-state index in [1.54, 1.807) is 6.08 Å². The highest BCUT2D eigenvalue weighted by molar-refractivity contribution is 4.80. The van der Waals surface area contributed by atoms with E-state index in [-0.39, 0.29) is 6.10 Å². The van der Waals surface area contributed by atoms with Gasteiger partial charge < -0.3 is 4.74 Å². The van der Waals surface area contributed by atoms with Gasteiger partial charge in [-0.3, -0.25) is 0 Å². The first-order valence-corrected chi connectivity index (χ1v) is 3.70. The van der Waals surface area contributed by atoms with Crippen LogP contribution in [0.5, 0.6) is 0 Å². The summed E-state index contributed by atoms with van der Waals surface area (Å²) in [7, 11) is 0. The lowest BCUT2D eigenvalue weighted by Gasteiger charge is -2.09. The molecule has 1 nitrogen and oxygen atoms in total. The van der Waals surface area contributed by atoms with E-state index in [9.17, 15) is 0 Å². The molecule has 0 aliphatic carbocycles. The Morgan fingerprint density at radius 3 is 2.60 bits per heavy atom. The number of hydrogen-bond donors (Lipinski definition) is 0. The van der Waals surface area contributed by atoms with E-state index < -0.39 is 0 Å². The summed E-state index contributed by atoms with van der Waals surface area (Å²) in [5, 5.41) is 0. The molecule has 0 aromatic rings. The minimum atomic E-state index is 0.211. The Kier molecular flexibility index (Phi) is 6.19. The summed E-state index contributed by atoms with van der Waals surface area (Å²) in [5.74, 6) is 0. The third kappa shape index (κ3) is 4.33. The van der Waals surface area contributed by atoms with E-state index >= 15 is 0 Å². The number of hydrogen-bond acceptors (Lipinski definition) is 1. The van der Waals surface area contributed by atoms with Crippen LogP contribution in [-0.2, 0) is 4.74 Å². The highest BCUT2D eigenvalue weighted by Crippen LogP contribution is 2.02. The van der Waals surface area contributed by atoms with Gasteiger partial charge in [-0.25, -0.2) is 0 Å². The van der Waals surface area contributed by atoms with Crippen molar-refractivity contribution in [3.63, 3.8) is 0 Å². The summed E-state index contributed by atoms with van der Waals surface area (Å²) in [6, 6.07) is 0. The molecular formula is C9H16O. The molecule has 1 heteroatoms. The predicted octanol–water partition coefficient (Wildman–Crippen LogP) is 2.54. The molecule has 0 aliphatic rings. The summed E-state index contributed by atoms with van der Waals surface area (Å²) >= 11 is 0. The van der Waals surface area contributed by atoms with Gasteiger partial charge in [0.1, 0.15) is 0 Å². The molecule has 58 valence electrons. The Hall–Kier alpha value is -0.560. The summed E-state index contributed by atoms with van der Waals surface area (Å²) < 4.78 is 5.34. The van der Waals surface area contributed by atoms with E-state index in [1.165, 1.54) is 0 Å². The second-order valence-electron chi connectivity index (χ2n) is 2.18. The lowest BCUT2D eigenvalue weighted by molar-refractivity contribution is 0.103. The third-order valence-corrected chi connectivity index (χ3v) is 1.26. The fraction of sp³-hybridized carbons (Fsp3) is 0.556. The summed E-state index contributed by atoms with van der Waals surface area (Å²) in [6.07, 6.45) is 5.99. The van der Waals surface area contributed by atoms with Gasteiger partial charge in [0.2, 0.25) is 0 Å². The number of rotatable bonds is 6. The highest BCUT2D eigenvalue weighted by Gasteiger charge is 1.99. The quantitative estimate of drug-likeness (QED) is 0.515. The zero-order valence-electron chi connectivity index (χ0n) is 6.68. The van der Waals surface area contributed by atoms with Crippen molar-refractivity contribution in [3.8, 4) is 0 Å². The maximum atomic E-state index is 5.34. The first-order chi connectivity index (χ1) is 4.85. The molecule has 0 aromatic carbocycles. The maximum Gasteiger partial charge on any atom is 0.0757 e. The largest absolute Gasteiger partial charge is 0.370 e. The van der Waals surface area contributed by atoms with Crippen LogP contribution < -0.4 is 0 Å². The molecular weight excluding hydrogens is 124 g/mol. The fourth-order valence-corrected chi connectivity index (χ4v) is 0.745. The summed E-state index contributed by atoms with van der Waals surface area (Å²) in [5.41, 5.74) is 0. The van der Waals surface area contributed by atoms with Crippen molar-refractivity contribution < 1.29 is 4.74 Å². The molecule has 0 N–H and O–H groups in total. The van der Waals surface area contributed by atoms with Crippen LogP contribution in [0, 0.1) is 0 Å². The van der Waals surface area contributed by atoms with E-state index in [2.05, 4.69) is 20.1 Å². The Morgan fingerprint density at radius 1 is 1.50 bits per heavy atom. The maximum absolute atomic E-state index is 5.34. The van der Waals surface area contributed by atoms with Crippen molar-refractivity contribution >= 4 is 0 Å². The fourth-order valence-electron chi connectivity index (χ4n) is 0.745. The summed E-state index contributed by atoms with van der Waals surface area (Å²) in [4.78, 5) is 0. The van der Waals surface area contributed by atoms with Crippen molar-refractivity contribution in [1.29, 1.82) is 0 Å². The van der Waals surface area contributed by atoms with Crippen molar-refractivity contribution in [1.82, 2.24) is 0 Å². The molecule has 0 rings (SSSR count). The van der Waals surface area contributed by atoms with Crippen LogP contribution in [0.2, 0.25) is 0 Å². The van der Waals surface area contributed by atoms with Crippen LogP contribution in [0.3, 0.4) is 0 Å². The van der Waals surface area contributed by atoms with E-state index in [0.717, 1.165) is 12.8 Å². The van der Waals surface area contributed by atoms with Gasteiger partial charge in [0.05, 0.1) is 12.7 Å². The zero-order valence-corrected chi connectivity index (χ0v) is 6.68. The molecule has 0 aliphatic heterocycles. The molecule has 0 fully saturated rings. The van der Waals surface area contributed by atoms with Crippen molar-refractivity contribution in [2.45, 2.75) is 25.9 Å².